The molecular formula is C24H27N5O3S. The number of sulfonamides is 1. The number of likely N-dealkylation sites (N-methyl/N-ethyl adjacent to an activating group) is 1. The molecule has 2 aromatic carbocycles. The third-order valence-corrected chi connectivity index (χ3v) is 6.68. The van der Waals surface area contributed by atoms with Crippen molar-refractivity contribution in [3.8, 4) is 16.9 Å². The SMILES string of the molecule is COc1ccc(S(=O)(=O)Nc2cccc(C)c2)cc1-c1cnc2c(cnn2CCN(C)C)c1. The van der Waals surface area contributed by atoms with Gasteiger partial charge in [0.2, 0.25) is 0 Å². The van der Waals surface area contributed by atoms with E-state index < -0.39 is 10.0 Å². The Balaban J connectivity index is 1.70. The molecule has 0 fully saturated rings. The van der Waals surface area contributed by atoms with E-state index in [1.807, 2.05) is 43.9 Å². The van der Waals surface area contributed by atoms with Gasteiger partial charge in [0.1, 0.15) is 5.75 Å². The zero-order valence-corrected chi connectivity index (χ0v) is 19.9. The van der Waals surface area contributed by atoms with Crippen molar-refractivity contribution in [3.63, 3.8) is 0 Å². The Kier molecular flexibility index (Phi) is 6.35. The van der Waals surface area contributed by atoms with Crippen molar-refractivity contribution in [1.82, 2.24) is 19.7 Å². The van der Waals surface area contributed by atoms with Gasteiger partial charge < -0.3 is 9.64 Å². The van der Waals surface area contributed by atoms with Crippen molar-refractivity contribution in [2.75, 3.05) is 32.5 Å². The molecule has 2 aromatic heterocycles. The molecule has 2 heterocycles. The Morgan fingerprint density at radius 3 is 2.64 bits per heavy atom. The molecule has 172 valence electrons. The lowest BCUT2D eigenvalue weighted by Gasteiger charge is -2.13. The lowest BCUT2D eigenvalue weighted by Crippen LogP contribution is -2.19. The summed E-state index contributed by atoms with van der Waals surface area (Å²) in [5.41, 5.74) is 3.65. The highest BCUT2D eigenvalue weighted by molar-refractivity contribution is 7.92. The smallest absolute Gasteiger partial charge is 0.261 e. The normalized spacial score (nSPS) is 11.8. The molecule has 8 nitrogen and oxygen atoms in total. The van der Waals surface area contributed by atoms with E-state index in [9.17, 15) is 8.42 Å². The largest absolute Gasteiger partial charge is 0.496 e. The van der Waals surface area contributed by atoms with Gasteiger partial charge in [0.25, 0.3) is 10.0 Å². The maximum Gasteiger partial charge on any atom is 0.261 e. The number of hydrogen-bond acceptors (Lipinski definition) is 6. The van der Waals surface area contributed by atoms with E-state index >= 15 is 0 Å². The fourth-order valence-electron chi connectivity index (χ4n) is 3.58. The number of benzene rings is 2. The molecule has 0 radical (unpaired) electrons. The van der Waals surface area contributed by atoms with Crippen LogP contribution in [0.25, 0.3) is 22.2 Å². The van der Waals surface area contributed by atoms with E-state index in [4.69, 9.17) is 4.74 Å². The number of anilines is 1. The quantitative estimate of drug-likeness (QED) is 0.426. The first-order valence-corrected chi connectivity index (χ1v) is 12.0. The topological polar surface area (TPSA) is 89.4 Å². The van der Waals surface area contributed by atoms with Gasteiger partial charge in [0.15, 0.2) is 5.65 Å². The summed E-state index contributed by atoms with van der Waals surface area (Å²) in [4.78, 5) is 6.83. The van der Waals surface area contributed by atoms with Gasteiger partial charge in [-0.3, -0.25) is 4.72 Å². The molecule has 0 aliphatic heterocycles. The van der Waals surface area contributed by atoms with Crippen LogP contribution < -0.4 is 9.46 Å². The van der Waals surface area contributed by atoms with Crippen LogP contribution in [0.1, 0.15) is 5.56 Å². The van der Waals surface area contributed by atoms with E-state index in [0.717, 1.165) is 35.2 Å². The van der Waals surface area contributed by atoms with Gasteiger partial charge in [-0.05, 0) is 63.0 Å². The summed E-state index contributed by atoms with van der Waals surface area (Å²) >= 11 is 0. The molecule has 0 unspecified atom stereocenters. The minimum Gasteiger partial charge on any atom is -0.496 e. The van der Waals surface area contributed by atoms with E-state index in [0.29, 0.717) is 17.0 Å². The van der Waals surface area contributed by atoms with Gasteiger partial charge in [-0.2, -0.15) is 5.10 Å². The zero-order chi connectivity index (χ0) is 23.6. The molecule has 0 bridgehead atoms. The van der Waals surface area contributed by atoms with Crippen LogP contribution in [0, 0.1) is 6.92 Å². The number of pyridine rings is 1. The van der Waals surface area contributed by atoms with Gasteiger partial charge in [0, 0.05) is 34.9 Å². The van der Waals surface area contributed by atoms with Crippen molar-refractivity contribution in [2.24, 2.45) is 0 Å². The molecule has 0 amide bonds. The molecule has 4 aromatic rings. The lowest BCUT2D eigenvalue weighted by atomic mass is 10.1. The van der Waals surface area contributed by atoms with Crippen LogP contribution in [0.15, 0.2) is 65.8 Å². The van der Waals surface area contributed by atoms with E-state index in [2.05, 4.69) is 19.7 Å². The van der Waals surface area contributed by atoms with Crippen LogP contribution in [0.5, 0.6) is 5.75 Å². The van der Waals surface area contributed by atoms with Crippen LogP contribution in [-0.4, -0.2) is 55.8 Å². The average molecular weight is 466 g/mol. The average Bonchev–Trinajstić information content (AvgIpc) is 3.19. The maximum atomic E-state index is 13.1. The second kappa shape index (κ2) is 9.21. The van der Waals surface area contributed by atoms with E-state index in [1.54, 1.807) is 43.8 Å². The molecular weight excluding hydrogens is 438 g/mol. The van der Waals surface area contributed by atoms with Gasteiger partial charge in [0.05, 0.1) is 24.7 Å². The van der Waals surface area contributed by atoms with Crippen molar-refractivity contribution in [2.45, 2.75) is 18.4 Å². The molecule has 0 spiro atoms. The first-order chi connectivity index (χ1) is 15.8. The highest BCUT2D eigenvalue weighted by atomic mass is 32.2. The highest BCUT2D eigenvalue weighted by Gasteiger charge is 2.18. The van der Waals surface area contributed by atoms with Crippen molar-refractivity contribution >= 4 is 26.7 Å². The van der Waals surface area contributed by atoms with E-state index in [-0.39, 0.29) is 4.90 Å². The van der Waals surface area contributed by atoms with Gasteiger partial charge >= 0.3 is 0 Å². The van der Waals surface area contributed by atoms with Crippen LogP contribution in [-0.2, 0) is 16.6 Å². The summed E-state index contributed by atoms with van der Waals surface area (Å²) in [5.74, 6) is 0.561. The monoisotopic (exact) mass is 465 g/mol. The number of aryl methyl sites for hydroxylation is 1. The Labute approximate surface area is 193 Å². The second-order valence-electron chi connectivity index (χ2n) is 8.14. The number of methoxy groups -OCH3 is 1. The minimum atomic E-state index is -3.79. The number of fused-ring (bicyclic) bond motifs is 1. The molecule has 33 heavy (non-hydrogen) atoms. The predicted octanol–water partition coefficient (Wildman–Crippen LogP) is 3.78. The number of nitrogens with zero attached hydrogens (tertiary/aromatic N) is 4. The summed E-state index contributed by atoms with van der Waals surface area (Å²) in [7, 11) is 1.80. The summed E-state index contributed by atoms with van der Waals surface area (Å²) in [5, 5.41) is 5.32. The van der Waals surface area contributed by atoms with Crippen molar-refractivity contribution in [1.29, 1.82) is 0 Å². The summed E-state index contributed by atoms with van der Waals surface area (Å²) in [6.45, 7) is 3.49. The highest BCUT2D eigenvalue weighted by Crippen LogP contribution is 2.33. The molecule has 0 saturated carbocycles. The molecule has 0 saturated heterocycles. The van der Waals surface area contributed by atoms with Crippen molar-refractivity contribution in [3.05, 3.63) is 66.5 Å². The minimum absolute atomic E-state index is 0.140. The Morgan fingerprint density at radius 2 is 1.91 bits per heavy atom. The molecule has 4 rings (SSSR count). The lowest BCUT2D eigenvalue weighted by molar-refractivity contribution is 0.376. The van der Waals surface area contributed by atoms with Gasteiger partial charge in [-0.15, -0.1) is 0 Å². The summed E-state index contributed by atoms with van der Waals surface area (Å²) < 4.78 is 36.1. The third-order valence-electron chi connectivity index (χ3n) is 5.30. The second-order valence-corrected chi connectivity index (χ2v) is 9.83. The number of hydrogen-bond donors (Lipinski definition) is 1. The molecule has 1 N–H and O–H groups in total. The third kappa shape index (κ3) is 4.99. The fourth-order valence-corrected chi connectivity index (χ4v) is 4.66. The van der Waals surface area contributed by atoms with Crippen LogP contribution in [0.3, 0.4) is 0 Å². The Bertz CT molecular complexity index is 1400. The van der Waals surface area contributed by atoms with Gasteiger partial charge in [-0.1, -0.05) is 12.1 Å². The number of nitrogens with one attached hydrogen (secondary N) is 1. The Morgan fingerprint density at radius 1 is 1.09 bits per heavy atom. The maximum absolute atomic E-state index is 13.1. The van der Waals surface area contributed by atoms with Crippen molar-refractivity contribution < 1.29 is 13.2 Å². The number of rotatable bonds is 8. The first-order valence-electron chi connectivity index (χ1n) is 10.5. The summed E-state index contributed by atoms with van der Waals surface area (Å²) in [6.07, 6.45) is 3.49. The summed E-state index contributed by atoms with van der Waals surface area (Å²) in [6, 6.07) is 14.0. The van der Waals surface area contributed by atoms with E-state index in [1.165, 1.54) is 6.07 Å². The van der Waals surface area contributed by atoms with Crippen LogP contribution in [0.4, 0.5) is 5.69 Å². The number of aromatic nitrogens is 3. The van der Waals surface area contributed by atoms with Crippen LogP contribution in [0.2, 0.25) is 0 Å². The first kappa shape index (κ1) is 22.8. The number of ether oxygens (including phenoxy) is 1. The standard InChI is InChI=1S/C24H27N5O3S/c1-17-6-5-7-20(12-17)27-33(30,31)21-8-9-23(32-4)22(14-21)18-13-19-16-26-29(11-10-28(2)3)24(19)25-15-18/h5-9,12-16,27H,10-11H2,1-4H3. The molecule has 0 aliphatic carbocycles. The molecule has 0 aliphatic rings. The fraction of sp³-hybridized carbons (Fsp3) is 0.250. The van der Waals surface area contributed by atoms with Crippen LogP contribution >= 0.6 is 0 Å². The van der Waals surface area contributed by atoms with Gasteiger partial charge in [-0.25, -0.2) is 18.1 Å². The Hall–Kier alpha value is -3.43. The predicted molar refractivity (Wildman–Crippen MR) is 130 cm³/mol. The zero-order valence-electron chi connectivity index (χ0n) is 19.1. The molecule has 9 heteroatoms. The molecule has 0 atom stereocenters.